The number of ether oxygens (including phenoxy) is 1. The molecule has 14 heteroatoms. The third-order valence-corrected chi connectivity index (χ3v) is 7.91. The summed E-state index contributed by atoms with van der Waals surface area (Å²) in [5, 5.41) is 19.8. The zero-order valence-electron chi connectivity index (χ0n) is 18.1. The second-order valence-electron chi connectivity index (χ2n) is 6.14. The molecule has 1 atom stereocenters. The lowest BCUT2D eigenvalue weighted by Gasteiger charge is -2.23. The molecular weight excluding hydrogens is 549 g/mol. The Bertz CT molecular complexity index is 1190. The summed E-state index contributed by atoms with van der Waals surface area (Å²) < 4.78 is 4.97. The van der Waals surface area contributed by atoms with Crippen LogP contribution in [0.3, 0.4) is 0 Å². The quantitative estimate of drug-likeness (QED) is 0.175. The minimum atomic E-state index is -1.40. The van der Waals surface area contributed by atoms with E-state index in [9.17, 15) is 14.7 Å². The van der Waals surface area contributed by atoms with E-state index in [-0.39, 0.29) is 5.69 Å². The van der Waals surface area contributed by atoms with Gasteiger partial charge in [-0.25, -0.2) is 14.6 Å². The van der Waals surface area contributed by atoms with Crippen molar-refractivity contribution in [1.29, 1.82) is 0 Å². The zero-order valence-corrected chi connectivity index (χ0v) is 23.7. The first kappa shape index (κ1) is 28.1. The highest BCUT2D eigenvalue weighted by Gasteiger charge is 2.33. The predicted molar refractivity (Wildman–Crippen MR) is 156 cm³/mol. The van der Waals surface area contributed by atoms with Gasteiger partial charge < -0.3 is 20.0 Å². The third kappa shape index (κ3) is 5.75. The molecule has 0 aliphatic rings. The molecule has 2 aromatic rings. The number of benzene rings is 1. The second-order valence-corrected chi connectivity index (χ2v) is 9.39. The fourth-order valence-corrected chi connectivity index (χ4v) is 6.39. The fraction of sp³-hybridized carbons (Fsp3) is 0.150. The Balaban J connectivity index is 2.83. The number of rotatable bonds is 12. The number of methoxy groups -OCH3 is 1. The lowest BCUT2D eigenvalue weighted by molar-refractivity contribution is -0.154. The number of carboxylic acid groups (broad SMARTS) is 1. The average Bonchev–Trinajstić information content (AvgIpc) is 3.32. The summed E-state index contributed by atoms with van der Waals surface area (Å²) in [6, 6.07) is 0. The van der Waals surface area contributed by atoms with Crippen molar-refractivity contribution in [2.75, 3.05) is 19.5 Å². The average molecular weight is 569 g/mol. The van der Waals surface area contributed by atoms with Crippen LogP contribution in [0.4, 0.5) is 5.13 Å². The van der Waals surface area contributed by atoms with Crippen molar-refractivity contribution in [3.8, 4) is 0 Å². The van der Waals surface area contributed by atoms with E-state index in [0.717, 1.165) is 10.9 Å². The molecule has 0 fully saturated rings. The van der Waals surface area contributed by atoms with Crippen LogP contribution in [0, 0.1) is 0 Å². The van der Waals surface area contributed by atoms with Gasteiger partial charge in [0.15, 0.2) is 5.13 Å². The summed E-state index contributed by atoms with van der Waals surface area (Å²) in [5.74, 6) is 2.92. The molecule has 0 amide bonds. The minimum Gasteiger partial charge on any atom is -0.476 e. The highest BCUT2D eigenvalue weighted by molar-refractivity contribution is 7.53. The number of hydrogen-bond donors (Lipinski definition) is 2. The summed E-state index contributed by atoms with van der Waals surface area (Å²) >= 11 is 1.20. The topological polar surface area (TPSA) is 110 Å². The van der Waals surface area contributed by atoms with Gasteiger partial charge in [-0.3, -0.25) is 0 Å². The smallest absolute Gasteiger partial charge is 0.360 e. The number of carbonyl (C=O) groups is 2. The predicted octanol–water partition coefficient (Wildman–Crippen LogP) is 2.79. The number of aliphatic carboxylic acids is 1. The van der Waals surface area contributed by atoms with Crippen LogP contribution in [0.5, 0.6) is 0 Å². The highest BCUT2D eigenvalue weighted by Crippen LogP contribution is 2.29. The van der Waals surface area contributed by atoms with Crippen molar-refractivity contribution >= 4 is 118 Å². The Labute approximate surface area is 210 Å². The normalized spacial score (nSPS) is 12.1. The van der Waals surface area contributed by atoms with E-state index in [1.54, 1.807) is 24.4 Å². The molecule has 1 aromatic heterocycles. The van der Waals surface area contributed by atoms with Gasteiger partial charge in [-0.05, 0) is 34.1 Å². The minimum absolute atomic E-state index is 0.0861. The second kappa shape index (κ2) is 13.1. The summed E-state index contributed by atoms with van der Waals surface area (Å²) in [7, 11) is 14.4. The molecule has 1 heterocycles. The van der Waals surface area contributed by atoms with E-state index in [1.165, 1.54) is 23.8 Å². The number of aromatic nitrogens is 1. The number of carboxylic acids is 1. The first-order chi connectivity index (χ1) is 16.3. The van der Waals surface area contributed by atoms with Crippen LogP contribution in [0.15, 0.2) is 10.5 Å². The maximum Gasteiger partial charge on any atom is 0.360 e. The molecule has 0 saturated carbocycles. The van der Waals surface area contributed by atoms with Crippen molar-refractivity contribution in [3.05, 3.63) is 33.3 Å². The van der Waals surface area contributed by atoms with Crippen LogP contribution in [-0.2, 0) is 19.2 Å². The van der Waals surface area contributed by atoms with E-state index in [4.69, 9.17) is 9.57 Å². The van der Waals surface area contributed by atoms with Crippen molar-refractivity contribution < 1.29 is 24.3 Å². The number of hydrogen-bond acceptors (Lipinski definition) is 8. The summed E-state index contributed by atoms with van der Waals surface area (Å²) in [5.41, 5.74) is 2.16. The Morgan fingerprint density at radius 3 is 2.24 bits per heavy atom. The number of oxime groups is 1. The van der Waals surface area contributed by atoms with Gasteiger partial charge in [-0.2, -0.15) is 0 Å². The van der Waals surface area contributed by atoms with E-state index in [0.29, 0.717) is 43.5 Å². The number of nitrogens with zero attached hydrogens (tertiary/aromatic N) is 2. The molecule has 0 bridgehead atoms. The van der Waals surface area contributed by atoms with Gasteiger partial charge in [-0.15, -0.1) is 37.9 Å². The standard InChI is InChI=1S/C20H20N3O5P5S/c1-21-20-22-12(8-34-20)14(18(24)25)23-28-15(19(26)27-2)13-10(6-30)9(5-29)11(7-31)16(32-3)17(13)33-4/h5-8,15,29-31H,3-4H2,1-2H3,(H,21,22)(H,24,25)/b23-14+. The third-order valence-electron chi connectivity index (χ3n) is 4.44. The molecule has 0 saturated heterocycles. The molecule has 0 spiro atoms. The highest BCUT2D eigenvalue weighted by atomic mass is 32.1. The van der Waals surface area contributed by atoms with E-state index < -0.39 is 23.8 Å². The number of anilines is 1. The molecule has 2 rings (SSSR count). The van der Waals surface area contributed by atoms with Gasteiger partial charge in [-0.1, -0.05) is 34.2 Å². The molecule has 0 radical (unpaired) electrons. The van der Waals surface area contributed by atoms with Gasteiger partial charge in [0.25, 0.3) is 0 Å². The molecule has 2 N–H and O–H groups in total. The maximum absolute atomic E-state index is 12.9. The lowest BCUT2D eigenvalue weighted by Crippen LogP contribution is -2.32. The van der Waals surface area contributed by atoms with E-state index in [1.807, 2.05) is 0 Å². The van der Waals surface area contributed by atoms with E-state index >= 15 is 0 Å². The van der Waals surface area contributed by atoms with Crippen LogP contribution < -0.4 is 15.9 Å². The van der Waals surface area contributed by atoms with Crippen molar-refractivity contribution in [2.45, 2.75) is 6.10 Å². The van der Waals surface area contributed by atoms with Crippen molar-refractivity contribution in [1.82, 2.24) is 4.98 Å². The fourth-order valence-electron chi connectivity index (χ4n) is 2.96. The van der Waals surface area contributed by atoms with Gasteiger partial charge in [0.1, 0.15) is 5.69 Å². The van der Waals surface area contributed by atoms with E-state index in [2.05, 4.69) is 54.6 Å². The molecule has 176 valence electrons. The Hall–Kier alpha value is -2.09. The van der Waals surface area contributed by atoms with Gasteiger partial charge >= 0.3 is 11.9 Å². The van der Waals surface area contributed by atoms with Crippen molar-refractivity contribution in [3.63, 3.8) is 0 Å². The van der Waals surface area contributed by atoms with Gasteiger partial charge in [0.05, 0.1) is 7.11 Å². The SMILES string of the molecule is C=Pc1c(C=P)c(C=P)c(C=P)c(C(O/N=C(/C(=O)O)c2csc(NC)n2)C(=O)OC)c1P=C. The Morgan fingerprint density at radius 1 is 1.18 bits per heavy atom. The monoisotopic (exact) mass is 569 g/mol. The molecule has 34 heavy (non-hydrogen) atoms. The summed E-state index contributed by atoms with van der Waals surface area (Å²) in [4.78, 5) is 34.5. The molecule has 8 nitrogen and oxygen atoms in total. The maximum atomic E-state index is 12.9. The molecule has 1 aromatic carbocycles. The number of thiazole rings is 1. The molecule has 1 unspecified atom stereocenters. The first-order valence-corrected chi connectivity index (χ1v) is 14.0. The van der Waals surface area contributed by atoms with Crippen LogP contribution in [0.2, 0.25) is 0 Å². The molecule has 0 aliphatic heterocycles. The van der Waals surface area contributed by atoms with Crippen LogP contribution >= 0.6 is 54.3 Å². The van der Waals surface area contributed by atoms with Gasteiger partial charge in [0, 0.05) is 28.6 Å². The molecule has 0 aliphatic carbocycles. The first-order valence-electron chi connectivity index (χ1n) is 9.20. The Morgan fingerprint density at radius 2 is 1.79 bits per heavy atom. The number of carbonyl (C=O) groups excluding carboxylic acids is 1. The summed E-state index contributed by atoms with van der Waals surface area (Å²) in [6.07, 6.45) is 6.58. The van der Waals surface area contributed by atoms with Crippen LogP contribution in [0.1, 0.15) is 34.1 Å². The van der Waals surface area contributed by atoms with Crippen LogP contribution in [-0.4, -0.2) is 71.9 Å². The van der Waals surface area contributed by atoms with Gasteiger partial charge in [0.2, 0.25) is 11.8 Å². The number of esters is 1. The number of nitrogens with one attached hydrogen (secondary N) is 1. The summed E-state index contributed by atoms with van der Waals surface area (Å²) in [6.45, 7) is 0. The largest absolute Gasteiger partial charge is 0.476 e. The van der Waals surface area contributed by atoms with Crippen molar-refractivity contribution in [2.24, 2.45) is 5.16 Å². The van der Waals surface area contributed by atoms with Crippen LogP contribution in [0.25, 0.3) is 0 Å². The molecular formula is C20H20N3O5P5S. The lowest BCUT2D eigenvalue weighted by atomic mass is 9.95. The Kier molecular flexibility index (Phi) is 10.9. The zero-order chi connectivity index (χ0) is 25.4.